The molecule has 5 nitrogen and oxygen atoms in total. The topological polar surface area (TPSA) is 63.2 Å². The van der Waals surface area contributed by atoms with E-state index in [4.69, 9.17) is 4.42 Å². The first-order valence-electron chi connectivity index (χ1n) is 6.37. The van der Waals surface area contributed by atoms with Crippen molar-refractivity contribution in [2.24, 2.45) is 7.05 Å². The van der Waals surface area contributed by atoms with Crippen LogP contribution >= 0.6 is 0 Å². The molecule has 2 rings (SSSR count). The van der Waals surface area contributed by atoms with Crippen molar-refractivity contribution >= 4 is 0 Å². The molecular weight excluding hydrogens is 242 g/mol. The van der Waals surface area contributed by atoms with Gasteiger partial charge in [0.25, 0.3) is 0 Å². The molecule has 0 spiro atoms. The molecule has 0 saturated carbocycles. The zero-order valence-electron chi connectivity index (χ0n) is 11.9. The van der Waals surface area contributed by atoms with E-state index in [1.165, 1.54) is 0 Å². The Bertz CT molecular complexity index is 555. The third-order valence-corrected chi connectivity index (χ3v) is 3.17. The van der Waals surface area contributed by atoms with Crippen LogP contribution in [0, 0.1) is 13.8 Å². The van der Waals surface area contributed by atoms with E-state index in [0.717, 1.165) is 17.0 Å². The van der Waals surface area contributed by atoms with Crippen LogP contribution in [0.15, 0.2) is 22.7 Å². The van der Waals surface area contributed by atoms with Gasteiger partial charge in [-0.3, -0.25) is 4.68 Å². The standard InChI is InChI=1S/C14H21N3O2/c1-10-5-6-13(19-10)14(3,18)9-15-7-12-8-17(4)16-11(12)2/h5-6,8,15,18H,7,9H2,1-4H3. The number of hydrogen-bond donors (Lipinski definition) is 2. The molecule has 0 amide bonds. The highest BCUT2D eigenvalue weighted by atomic mass is 16.4. The zero-order valence-corrected chi connectivity index (χ0v) is 11.9. The molecule has 0 aliphatic carbocycles. The fourth-order valence-electron chi connectivity index (χ4n) is 2.07. The Balaban J connectivity index is 1.93. The van der Waals surface area contributed by atoms with E-state index >= 15 is 0 Å². The highest BCUT2D eigenvalue weighted by Crippen LogP contribution is 2.22. The van der Waals surface area contributed by atoms with Gasteiger partial charge in [-0.25, -0.2) is 0 Å². The summed E-state index contributed by atoms with van der Waals surface area (Å²) < 4.78 is 7.26. The Morgan fingerprint density at radius 2 is 2.16 bits per heavy atom. The van der Waals surface area contributed by atoms with Gasteiger partial charge in [-0.15, -0.1) is 0 Å². The van der Waals surface area contributed by atoms with Gasteiger partial charge >= 0.3 is 0 Å². The Morgan fingerprint density at radius 3 is 2.68 bits per heavy atom. The molecule has 104 valence electrons. The minimum atomic E-state index is -1.01. The van der Waals surface area contributed by atoms with Crippen LogP contribution < -0.4 is 5.32 Å². The van der Waals surface area contributed by atoms with Crippen LogP contribution in [0.4, 0.5) is 0 Å². The fraction of sp³-hybridized carbons (Fsp3) is 0.500. The zero-order chi connectivity index (χ0) is 14.0. The monoisotopic (exact) mass is 263 g/mol. The average Bonchev–Trinajstić information content (AvgIpc) is 2.86. The van der Waals surface area contributed by atoms with Gasteiger partial charge in [0.2, 0.25) is 0 Å². The summed E-state index contributed by atoms with van der Waals surface area (Å²) in [7, 11) is 1.90. The lowest BCUT2D eigenvalue weighted by atomic mass is 10.0. The van der Waals surface area contributed by atoms with Crippen LogP contribution in [0.2, 0.25) is 0 Å². The van der Waals surface area contributed by atoms with Crippen molar-refractivity contribution < 1.29 is 9.52 Å². The molecule has 0 fully saturated rings. The van der Waals surface area contributed by atoms with E-state index in [-0.39, 0.29) is 0 Å². The largest absolute Gasteiger partial charge is 0.463 e. The van der Waals surface area contributed by atoms with Crippen LogP contribution in [0.25, 0.3) is 0 Å². The molecule has 0 aromatic carbocycles. The summed E-state index contributed by atoms with van der Waals surface area (Å²) in [5.41, 5.74) is 1.13. The lowest BCUT2D eigenvalue weighted by molar-refractivity contribution is 0.0332. The summed E-state index contributed by atoms with van der Waals surface area (Å²) >= 11 is 0. The van der Waals surface area contributed by atoms with Gasteiger partial charge in [0, 0.05) is 31.9 Å². The minimum Gasteiger partial charge on any atom is -0.463 e. The second-order valence-electron chi connectivity index (χ2n) is 5.20. The highest BCUT2D eigenvalue weighted by molar-refractivity contribution is 5.16. The van der Waals surface area contributed by atoms with Crippen molar-refractivity contribution in [2.45, 2.75) is 32.9 Å². The van der Waals surface area contributed by atoms with Crippen molar-refractivity contribution in [3.63, 3.8) is 0 Å². The third-order valence-electron chi connectivity index (χ3n) is 3.17. The molecule has 0 aliphatic heterocycles. The summed E-state index contributed by atoms with van der Waals surface area (Å²) in [6.45, 7) is 6.69. The van der Waals surface area contributed by atoms with Gasteiger partial charge in [0.1, 0.15) is 17.1 Å². The Labute approximate surface area is 113 Å². The van der Waals surface area contributed by atoms with Gasteiger partial charge in [0.05, 0.1) is 5.69 Å². The first-order chi connectivity index (χ1) is 8.88. The molecule has 2 aromatic heterocycles. The number of nitrogens with one attached hydrogen (secondary N) is 1. The SMILES string of the molecule is Cc1ccc(C(C)(O)CNCc2cn(C)nc2C)o1. The highest BCUT2D eigenvalue weighted by Gasteiger charge is 2.26. The van der Waals surface area contributed by atoms with E-state index < -0.39 is 5.60 Å². The average molecular weight is 263 g/mol. The maximum Gasteiger partial charge on any atom is 0.136 e. The van der Waals surface area contributed by atoms with E-state index in [1.54, 1.807) is 11.6 Å². The lowest BCUT2D eigenvalue weighted by Crippen LogP contribution is -2.34. The van der Waals surface area contributed by atoms with Crippen molar-refractivity contribution in [3.8, 4) is 0 Å². The smallest absolute Gasteiger partial charge is 0.136 e. The quantitative estimate of drug-likeness (QED) is 0.860. The Hall–Kier alpha value is -1.59. The third kappa shape index (κ3) is 3.24. The minimum absolute atomic E-state index is 0.425. The molecule has 2 N–H and O–H groups in total. The van der Waals surface area contributed by atoms with Crippen LogP contribution in [0.3, 0.4) is 0 Å². The maximum atomic E-state index is 10.4. The summed E-state index contributed by atoms with van der Waals surface area (Å²) in [5, 5.41) is 17.9. The molecule has 5 heteroatoms. The van der Waals surface area contributed by atoms with Crippen LogP contribution in [-0.4, -0.2) is 21.4 Å². The molecule has 1 unspecified atom stereocenters. The number of hydrogen-bond acceptors (Lipinski definition) is 4. The number of aliphatic hydroxyl groups is 1. The van der Waals surface area contributed by atoms with Crippen molar-refractivity contribution in [1.29, 1.82) is 0 Å². The van der Waals surface area contributed by atoms with Crippen LogP contribution in [0.5, 0.6) is 0 Å². The summed E-state index contributed by atoms with van der Waals surface area (Å²) in [4.78, 5) is 0. The lowest BCUT2D eigenvalue weighted by Gasteiger charge is -2.21. The first kappa shape index (κ1) is 13.8. The van der Waals surface area contributed by atoms with E-state index in [1.807, 2.05) is 39.2 Å². The van der Waals surface area contributed by atoms with E-state index in [9.17, 15) is 5.11 Å². The van der Waals surface area contributed by atoms with Gasteiger partial charge in [-0.2, -0.15) is 5.10 Å². The van der Waals surface area contributed by atoms with Crippen molar-refractivity contribution in [1.82, 2.24) is 15.1 Å². The van der Waals surface area contributed by atoms with Gasteiger partial charge in [-0.1, -0.05) is 0 Å². The number of furan rings is 1. The van der Waals surface area contributed by atoms with Gasteiger partial charge < -0.3 is 14.8 Å². The molecule has 1 atom stereocenters. The second-order valence-corrected chi connectivity index (χ2v) is 5.20. The second kappa shape index (κ2) is 5.19. The van der Waals surface area contributed by atoms with Gasteiger partial charge in [0.15, 0.2) is 0 Å². The number of aromatic nitrogens is 2. The first-order valence-corrected chi connectivity index (χ1v) is 6.37. The molecule has 0 radical (unpaired) electrons. The summed E-state index contributed by atoms with van der Waals surface area (Å²) in [6.07, 6.45) is 1.98. The number of aryl methyl sites for hydroxylation is 3. The molecular formula is C14H21N3O2. The molecule has 2 aromatic rings. The molecule has 2 heterocycles. The number of nitrogens with zero attached hydrogens (tertiary/aromatic N) is 2. The normalized spacial score (nSPS) is 14.6. The predicted octanol–water partition coefficient (Wildman–Crippen LogP) is 1.63. The Morgan fingerprint density at radius 1 is 1.42 bits per heavy atom. The summed E-state index contributed by atoms with van der Waals surface area (Å²) in [6, 6.07) is 3.67. The fourth-order valence-corrected chi connectivity index (χ4v) is 2.07. The summed E-state index contributed by atoms with van der Waals surface area (Å²) in [5.74, 6) is 1.39. The maximum absolute atomic E-state index is 10.4. The molecule has 0 bridgehead atoms. The van der Waals surface area contributed by atoms with E-state index in [2.05, 4.69) is 10.4 Å². The molecule has 0 saturated heterocycles. The van der Waals surface area contributed by atoms with Crippen LogP contribution in [0.1, 0.15) is 29.7 Å². The van der Waals surface area contributed by atoms with Gasteiger partial charge in [-0.05, 0) is 32.9 Å². The van der Waals surface area contributed by atoms with Crippen molar-refractivity contribution in [2.75, 3.05) is 6.54 Å². The van der Waals surface area contributed by atoms with Crippen molar-refractivity contribution in [3.05, 3.63) is 41.1 Å². The number of rotatable bonds is 5. The van der Waals surface area contributed by atoms with Crippen LogP contribution in [-0.2, 0) is 19.2 Å². The molecule has 19 heavy (non-hydrogen) atoms. The Kier molecular flexibility index (Phi) is 3.78. The molecule has 0 aliphatic rings. The van der Waals surface area contributed by atoms with E-state index in [0.29, 0.717) is 18.8 Å². The predicted molar refractivity (Wildman–Crippen MR) is 72.7 cm³/mol.